The Hall–Kier alpha value is -8.44. The number of rotatable bonds is 14. The molecule has 0 radical (unpaired) electrons. The maximum absolute atomic E-state index is 14.4. The Balaban J connectivity index is 0.000000267. The Morgan fingerprint density at radius 3 is 1.46 bits per heavy atom. The van der Waals surface area contributed by atoms with E-state index < -0.39 is 174 Å². The molecule has 2 saturated heterocycles. The first kappa shape index (κ1) is 83.6. The molecule has 4 aromatic rings. The van der Waals surface area contributed by atoms with E-state index in [2.05, 4.69) is 52.1 Å². The second kappa shape index (κ2) is 33.4. The molecule has 598 valence electrons. The molecule has 39 heteroatoms. The number of nitrogens with zero attached hydrogens (tertiary/aromatic N) is 10. The number of methoxy groups -OCH3 is 2. The Kier molecular flexibility index (Phi) is 25.9. The molecular weight excluding hydrogens is 1560 g/mol. The number of aromatic nitrogens is 8. The zero-order chi connectivity index (χ0) is 76.6. The van der Waals surface area contributed by atoms with Gasteiger partial charge in [0.15, 0.2) is 11.6 Å². The van der Waals surface area contributed by atoms with Crippen LogP contribution in [0.5, 0.6) is 11.5 Å². The number of ether oxygens (including phenoxy) is 4. The molecule has 10 atom stereocenters. The first-order chi connectivity index (χ1) is 50.1. The largest absolute Gasteiger partial charge is 0.496 e. The molecular formula is C69H95F4N16O16PdS2-. The summed E-state index contributed by atoms with van der Waals surface area (Å²) in [5.41, 5.74) is -3.33. The zero-order valence-corrected chi connectivity index (χ0v) is 64.5. The summed E-state index contributed by atoms with van der Waals surface area (Å²) in [4.78, 5) is 115. The number of alkyl halides is 4. The van der Waals surface area contributed by atoms with Crippen LogP contribution in [-0.4, -0.2) is 214 Å². The predicted octanol–water partition coefficient (Wildman–Crippen LogP) is 5.50. The van der Waals surface area contributed by atoms with Crippen LogP contribution in [0, 0.1) is 30.1 Å². The maximum Gasteiger partial charge on any atom is 0.407 e. The molecule has 0 spiro atoms. The molecule has 4 aliphatic heterocycles. The number of hydrogen-bond donors (Lipinski definition) is 6. The number of nitrogens with one attached hydrogen (secondary N) is 6. The van der Waals surface area contributed by atoms with E-state index in [-0.39, 0.29) is 80.1 Å². The summed E-state index contributed by atoms with van der Waals surface area (Å²) >= 11 is 0. The Labute approximate surface area is 638 Å². The summed E-state index contributed by atoms with van der Waals surface area (Å²) in [5.74, 6) is -8.69. The average Bonchev–Trinajstić information content (AvgIpc) is 1.57. The van der Waals surface area contributed by atoms with Crippen LogP contribution in [0.3, 0.4) is 0 Å². The van der Waals surface area contributed by atoms with Crippen molar-refractivity contribution in [3.05, 3.63) is 72.7 Å². The van der Waals surface area contributed by atoms with Gasteiger partial charge in [-0.2, -0.15) is 0 Å². The number of halogens is 4. The minimum Gasteiger partial charge on any atom is -0.496 e. The molecule has 8 amide bonds. The fourth-order valence-electron chi connectivity index (χ4n) is 13.8. The van der Waals surface area contributed by atoms with Crippen LogP contribution in [0.4, 0.5) is 27.2 Å². The molecule has 32 nitrogen and oxygen atoms in total. The van der Waals surface area contributed by atoms with E-state index in [9.17, 15) is 72.8 Å². The minimum absolute atomic E-state index is 0. The number of amides is 8. The van der Waals surface area contributed by atoms with Gasteiger partial charge in [0.05, 0.1) is 61.1 Å². The normalized spacial score (nSPS) is 26.7. The number of tetrazole rings is 2. The van der Waals surface area contributed by atoms with Gasteiger partial charge in [-0.05, 0) is 153 Å². The number of sulfonamides is 2. The Bertz CT molecular complexity index is 4290. The van der Waals surface area contributed by atoms with Crippen molar-refractivity contribution in [2.75, 3.05) is 40.5 Å². The van der Waals surface area contributed by atoms with Crippen LogP contribution in [0.15, 0.2) is 42.5 Å². The quantitative estimate of drug-likeness (QED) is 0.0516. The second-order valence-electron chi connectivity index (χ2n) is 30.5. The maximum atomic E-state index is 14.4. The third-order valence-electron chi connectivity index (χ3n) is 20.5. The average molecular weight is 1650 g/mol. The van der Waals surface area contributed by atoms with Crippen LogP contribution >= 0.6 is 0 Å². The SMILES string of the molecule is COc1ccc2cc1/C=C/CCCCOC(=O)N[C@@H](C(C)(C)C)C(=O)N1C[C@@H](C[C@H]1C(=O)N[C@]1(C(=O)NS(=O)(=O)C3CC3)C[C@H]1C(F)F)c1nnn-2n1.COc1ccc2cc1CCCCCCOC(=O)N[C@@H](C(C)(C)C)C(=O)N1C[C@@H](C[C@H]1C(=O)N[C@]1(C(=O)NS(=O)(=O)C3CC3)C[C@H]1C(F)F)c1nnn-2n1.[CH3-].[HH].[Pd]. The molecule has 0 unspecified atom stereocenters. The standard InChI is InChI=1S/C34H46F2N8O8S.C34H44F2N8O8S.CH3.Pd.H2/c2*1-33(2,3)26-30(46)43-18-20(16-24(43)29(45)38-34(17-23(34)27(35)36)31(47)41-53(49,50)22-11-12-22)28-39-42-44(40-28)21-10-13-25(51-4)19(15-21)9-7-5-6-8-14-52-32(48)37-26;;;/h10,13,15,20,22-24,26-27H,5-9,11-12,14,16-18H2,1-4H3,(H,37,48)(H,38,45)(H,41,47);7,9-10,13,15,20,22-24,26-27H,5-6,8,11-12,14,16-18H2,1-4H3,(H,37,48)(H,38,45)(H,41,47);1H3;;1H/q;;-1;;/b;9-7+;;;/t2*20-,23+,24+,26-,34-;;;/m11.../s1. The van der Waals surface area contributed by atoms with Crippen molar-refractivity contribution in [3.8, 4) is 22.9 Å². The summed E-state index contributed by atoms with van der Waals surface area (Å²) in [6.45, 7) is 10.3. The van der Waals surface area contributed by atoms with Gasteiger partial charge >= 0.3 is 12.2 Å². The summed E-state index contributed by atoms with van der Waals surface area (Å²) in [6, 6.07) is 5.71. The molecule has 2 aromatic heterocycles. The number of allylic oxidation sites excluding steroid dienone is 1. The number of benzene rings is 2. The molecule has 4 saturated carbocycles. The van der Waals surface area contributed by atoms with Crippen molar-refractivity contribution in [2.24, 2.45) is 22.7 Å². The van der Waals surface area contributed by atoms with Crippen LogP contribution in [0.2, 0.25) is 0 Å². The van der Waals surface area contributed by atoms with Crippen molar-refractivity contribution < 1.29 is 114 Å². The third kappa shape index (κ3) is 18.9. The van der Waals surface area contributed by atoms with Gasteiger partial charge in [0.2, 0.25) is 56.5 Å². The van der Waals surface area contributed by atoms with E-state index in [4.69, 9.17) is 18.9 Å². The molecule has 6 heterocycles. The van der Waals surface area contributed by atoms with E-state index in [0.29, 0.717) is 80.7 Å². The summed E-state index contributed by atoms with van der Waals surface area (Å²) in [5, 5.41) is 34.6. The van der Waals surface area contributed by atoms with Gasteiger partial charge in [-0.1, -0.05) is 66.5 Å². The molecule has 12 bridgehead atoms. The molecule has 4 aliphatic carbocycles. The number of fused-ring (bicyclic) bond motifs is 16. The van der Waals surface area contributed by atoms with Gasteiger partial charge in [0, 0.05) is 52.3 Å². The molecule has 108 heavy (non-hydrogen) atoms. The Morgan fingerprint density at radius 1 is 0.620 bits per heavy atom. The molecule has 6 N–H and O–H groups in total. The first-order valence-corrected chi connectivity index (χ1v) is 38.6. The number of carbonyl (C=O) groups excluding carboxylic acids is 8. The van der Waals surface area contributed by atoms with Gasteiger partial charge in [-0.25, -0.2) is 44.0 Å². The van der Waals surface area contributed by atoms with E-state index in [1.165, 1.54) is 19.4 Å². The monoisotopic (exact) mass is 1650 g/mol. The van der Waals surface area contributed by atoms with Gasteiger partial charge in [-0.3, -0.25) is 38.2 Å². The molecule has 6 fully saturated rings. The summed E-state index contributed by atoms with van der Waals surface area (Å²) < 4.78 is 132. The van der Waals surface area contributed by atoms with Crippen molar-refractivity contribution in [1.82, 2.24) is 80.9 Å². The molecule has 8 aliphatic rings. The van der Waals surface area contributed by atoms with Crippen LogP contribution in [0.25, 0.3) is 17.5 Å². The molecule has 2 aromatic carbocycles. The van der Waals surface area contributed by atoms with Gasteiger partial charge in [0.1, 0.15) is 46.7 Å². The topological polar surface area (TPSA) is 408 Å². The van der Waals surface area contributed by atoms with E-state index in [1.54, 1.807) is 74.0 Å². The van der Waals surface area contributed by atoms with Crippen LogP contribution in [0.1, 0.15) is 174 Å². The van der Waals surface area contributed by atoms with Crippen molar-refractivity contribution in [1.29, 1.82) is 0 Å². The van der Waals surface area contributed by atoms with Crippen molar-refractivity contribution in [2.45, 2.75) is 215 Å². The summed E-state index contributed by atoms with van der Waals surface area (Å²) in [6.07, 6.45) is 1.99. The molecule has 12 rings (SSSR count). The smallest absolute Gasteiger partial charge is 0.407 e. The van der Waals surface area contributed by atoms with Crippen molar-refractivity contribution >= 4 is 73.8 Å². The van der Waals surface area contributed by atoms with E-state index in [0.717, 1.165) is 30.4 Å². The van der Waals surface area contributed by atoms with Gasteiger partial charge < -0.3 is 57.4 Å². The van der Waals surface area contributed by atoms with Crippen LogP contribution in [-0.2, 0) is 85.1 Å². The van der Waals surface area contributed by atoms with Gasteiger partial charge in [0.25, 0.3) is 11.8 Å². The number of cyclic esters (lactones) is 2. The Morgan fingerprint density at radius 2 is 1.05 bits per heavy atom. The number of hydrogen-bond acceptors (Lipinski definition) is 22. The van der Waals surface area contributed by atoms with Crippen molar-refractivity contribution in [3.63, 3.8) is 0 Å². The van der Waals surface area contributed by atoms with Crippen LogP contribution < -0.4 is 40.2 Å². The first-order valence-electron chi connectivity index (χ1n) is 35.5. The fraction of sp³-hybridized carbons (Fsp3) is 0.638. The zero-order valence-electron chi connectivity index (χ0n) is 61.3. The number of carbonyl (C=O) groups is 8. The third-order valence-corrected chi connectivity index (χ3v) is 24.1. The minimum atomic E-state index is -4.12. The van der Waals surface area contributed by atoms with E-state index in [1.807, 2.05) is 39.8 Å². The predicted molar refractivity (Wildman–Crippen MR) is 376 cm³/mol. The number of alkyl carbamates (subject to hydrolysis) is 2. The fourth-order valence-corrected chi connectivity index (χ4v) is 16.5. The number of aryl methyl sites for hydroxylation is 1. The van der Waals surface area contributed by atoms with Gasteiger partial charge in [-0.15, -0.1) is 30.0 Å². The summed E-state index contributed by atoms with van der Waals surface area (Å²) in [7, 11) is -5.11. The second-order valence-corrected chi connectivity index (χ2v) is 34.4. The van der Waals surface area contributed by atoms with E-state index >= 15 is 0 Å².